The Labute approximate surface area is 103 Å². The fourth-order valence-electron chi connectivity index (χ4n) is 0.981. The molecular weight excluding hydrogens is 281 g/mol. The molecule has 0 aliphatic carbocycles. The molecule has 0 bridgehead atoms. The Morgan fingerprint density at radius 2 is 2.20 bits per heavy atom. The van der Waals surface area contributed by atoms with Crippen molar-refractivity contribution in [2.75, 3.05) is 20.3 Å². The van der Waals surface area contributed by atoms with Crippen molar-refractivity contribution in [3.63, 3.8) is 0 Å². The number of nitrogens with one attached hydrogen (secondary N) is 1. The lowest BCUT2D eigenvalue weighted by molar-refractivity contribution is 0.00346. The van der Waals surface area contributed by atoms with Crippen molar-refractivity contribution in [1.29, 1.82) is 0 Å². The Hall–Kier alpha value is -0.130. The number of halogens is 2. The van der Waals surface area contributed by atoms with Gasteiger partial charge in [0.05, 0.1) is 18.2 Å². The van der Waals surface area contributed by atoms with E-state index in [4.69, 9.17) is 21.2 Å². The van der Waals surface area contributed by atoms with Gasteiger partial charge in [-0.1, -0.05) is 17.7 Å². The van der Waals surface area contributed by atoms with Crippen LogP contribution in [0.2, 0.25) is 5.02 Å². The van der Waals surface area contributed by atoms with Crippen LogP contribution in [0.4, 0.5) is 0 Å². The zero-order valence-electron chi connectivity index (χ0n) is 8.43. The predicted molar refractivity (Wildman–Crippen MR) is 63.8 cm³/mol. The summed E-state index contributed by atoms with van der Waals surface area (Å²) in [6.45, 7) is 1.75. The third kappa shape index (κ3) is 4.95. The summed E-state index contributed by atoms with van der Waals surface area (Å²) in [5, 5.41) is 0.707. The van der Waals surface area contributed by atoms with E-state index in [1.807, 2.05) is 18.2 Å². The Morgan fingerprint density at radius 1 is 1.40 bits per heavy atom. The monoisotopic (exact) mass is 293 g/mol. The quantitative estimate of drug-likeness (QED) is 0.646. The van der Waals surface area contributed by atoms with E-state index in [0.29, 0.717) is 24.8 Å². The van der Waals surface area contributed by atoms with Gasteiger partial charge in [-0.2, -0.15) is 5.48 Å². The molecule has 15 heavy (non-hydrogen) atoms. The molecule has 0 radical (unpaired) electrons. The molecule has 0 aromatic heterocycles. The summed E-state index contributed by atoms with van der Waals surface area (Å²) in [6, 6.07) is 5.74. The standard InChI is InChI=1S/C10H13BrClNO2/c1-14-4-5-15-13-7-8-2-3-10(12)9(11)6-8/h2-3,6,13H,4-5,7H2,1H3. The summed E-state index contributed by atoms with van der Waals surface area (Å²) < 4.78 is 5.73. The highest BCUT2D eigenvalue weighted by Gasteiger charge is 1.98. The maximum absolute atomic E-state index is 5.87. The van der Waals surface area contributed by atoms with E-state index < -0.39 is 0 Å². The first-order valence-electron chi connectivity index (χ1n) is 4.51. The van der Waals surface area contributed by atoms with Gasteiger partial charge >= 0.3 is 0 Å². The highest BCUT2D eigenvalue weighted by Crippen LogP contribution is 2.22. The SMILES string of the molecule is COCCONCc1ccc(Cl)c(Br)c1. The minimum atomic E-state index is 0.533. The lowest BCUT2D eigenvalue weighted by atomic mass is 10.2. The average molecular weight is 295 g/mol. The van der Waals surface area contributed by atoms with E-state index in [-0.39, 0.29) is 0 Å². The molecule has 5 heteroatoms. The second-order valence-corrected chi connectivity index (χ2v) is 4.17. The maximum Gasteiger partial charge on any atom is 0.0916 e. The molecule has 0 fully saturated rings. The lowest BCUT2D eigenvalue weighted by Crippen LogP contribution is -2.17. The van der Waals surface area contributed by atoms with Crippen LogP contribution in [-0.4, -0.2) is 20.3 Å². The summed E-state index contributed by atoms with van der Waals surface area (Å²) in [7, 11) is 1.64. The van der Waals surface area contributed by atoms with Crippen molar-refractivity contribution in [1.82, 2.24) is 5.48 Å². The molecule has 1 aromatic carbocycles. The fraction of sp³-hybridized carbons (Fsp3) is 0.400. The van der Waals surface area contributed by atoms with E-state index in [1.165, 1.54) is 0 Å². The molecule has 1 rings (SSSR count). The number of methoxy groups -OCH3 is 1. The number of benzene rings is 1. The van der Waals surface area contributed by atoms with Crippen LogP contribution in [0, 0.1) is 0 Å². The Balaban J connectivity index is 2.28. The number of hydrogen-bond acceptors (Lipinski definition) is 3. The molecule has 0 unspecified atom stereocenters. The van der Waals surface area contributed by atoms with E-state index in [1.54, 1.807) is 7.11 Å². The van der Waals surface area contributed by atoms with Crippen molar-refractivity contribution in [3.05, 3.63) is 33.3 Å². The summed E-state index contributed by atoms with van der Waals surface area (Å²) >= 11 is 9.23. The molecule has 1 aromatic rings. The zero-order chi connectivity index (χ0) is 11.1. The van der Waals surface area contributed by atoms with Crippen molar-refractivity contribution in [3.8, 4) is 0 Å². The van der Waals surface area contributed by atoms with E-state index in [0.717, 1.165) is 10.0 Å². The van der Waals surface area contributed by atoms with Crippen LogP contribution in [0.5, 0.6) is 0 Å². The van der Waals surface area contributed by atoms with Gasteiger partial charge in [0.1, 0.15) is 0 Å². The van der Waals surface area contributed by atoms with Crippen LogP contribution in [0.15, 0.2) is 22.7 Å². The van der Waals surface area contributed by atoms with Gasteiger partial charge in [-0.05, 0) is 33.6 Å². The van der Waals surface area contributed by atoms with E-state index in [9.17, 15) is 0 Å². The summed E-state index contributed by atoms with van der Waals surface area (Å²) in [6.07, 6.45) is 0. The van der Waals surface area contributed by atoms with Gasteiger partial charge in [-0.3, -0.25) is 4.84 Å². The average Bonchev–Trinajstić information content (AvgIpc) is 2.23. The Morgan fingerprint density at radius 3 is 2.87 bits per heavy atom. The summed E-state index contributed by atoms with van der Waals surface area (Å²) in [5.41, 5.74) is 3.94. The molecule has 0 heterocycles. The molecular formula is C10H13BrClNO2. The molecule has 0 aliphatic heterocycles. The molecule has 84 valence electrons. The first-order chi connectivity index (χ1) is 7.24. The van der Waals surface area contributed by atoms with Crippen LogP contribution in [0.1, 0.15) is 5.56 Å². The molecule has 3 nitrogen and oxygen atoms in total. The molecule has 0 spiro atoms. The van der Waals surface area contributed by atoms with Gasteiger partial charge < -0.3 is 4.74 Å². The van der Waals surface area contributed by atoms with Crippen LogP contribution >= 0.6 is 27.5 Å². The van der Waals surface area contributed by atoms with Crippen molar-refractivity contribution < 1.29 is 9.57 Å². The van der Waals surface area contributed by atoms with E-state index >= 15 is 0 Å². The zero-order valence-corrected chi connectivity index (χ0v) is 10.8. The number of hydroxylamine groups is 1. The normalized spacial score (nSPS) is 10.6. The first-order valence-corrected chi connectivity index (χ1v) is 5.68. The third-order valence-corrected chi connectivity index (χ3v) is 2.97. The minimum Gasteiger partial charge on any atom is -0.382 e. The molecule has 0 saturated heterocycles. The Bertz CT molecular complexity index is 309. The van der Waals surface area contributed by atoms with Crippen LogP contribution in [0.3, 0.4) is 0 Å². The van der Waals surface area contributed by atoms with Gasteiger partial charge in [0.2, 0.25) is 0 Å². The van der Waals surface area contributed by atoms with Crippen LogP contribution < -0.4 is 5.48 Å². The van der Waals surface area contributed by atoms with Crippen LogP contribution in [-0.2, 0) is 16.1 Å². The summed E-state index contributed by atoms with van der Waals surface area (Å²) in [5.74, 6) is 0. The molecule has 0 atom stereocenters. The first kappa shape index (κ1) is 12.9. The smallest absolute Gasteiger partial charge is 0.0916 e. The highest BCUT2D eigenvalue weighted by molar-refractivity contribution is 9.10. The second-order valence-electron chi connectivity index (χ2n) is 2.91. The largest absolute Gasteiger partial charge is 0.382 e. The summed E-state index contributed by atoms with van der Waals surface area (Å²) in [4.78, 5) is 5.12. The van der Waals surface area contributed by atoms with Crippen molar-refractivity contribution in [2.45, 2.75) is 6.54 Å². The second kappa shape index (κ2) is 7.19. The molecule has 0 aliphatic rings. The van der Waals surface area contributed by atoms with Gasteiger partial charge in [-0.25, -0.2) is 0 Å². The van der Waals surface area contributed by atoms with Crippen LogP contribution in [0.25, 0.3) is 0 Å². The van der Waals surface area contributed by atoms with Crippen molar-refractivity contribution in [2.24, 2.45) is 0 Å². The van der Waals surface area contributed by atoms with Gasteiger partial charge in [-0.15, -0.1) is 0 Å². The topological polar surface area (TPSA) is 30.5 Å². The third-order valence-electron chi connectivity index (χ3n) is 1.75. The Kier molecular flexibility index (Phi) is 6.20. The number of rotatable bonds is 6. The number of ether oxygens (including phenoxy) is 1. The molecule has 0 amide bonds. The predicted octanol–water partition coefficient (Wildman–Crippen LogP) is 2.77. The lowest BCUT2D eigenvalue weighted by Gasteiger charge is -2.06. The highest BCUT2D eigenvalue weighted by atomic mass is 79.9. The van der Waals surface area contributed by atoms with Crippen molar-refractivity contribution >= 4 is 27.5 Å². The minimum absolute atomic E-state index is 0.533. The number of hydrogen-bond donors (Lipinski definition) is 1. The maximum atomic E-state index is 5.87. The fourth-order valence-corrected chi connectivity index (χ4v) is 1.52. The van der Waals surface area contributed by atoms with Gasteiger partial charge in [0, 0.05) is 18.1 Å². The van der Waals surface area contributed by atoms with E-state index in [2.05, 4.69) is 21.4 Å². The van der Waals surface area contributed by atoms with Gasteiger partial charge in [0.15, 0.2) is 0 Å². The van der Waals surface area contributed by atoms with Gasteiger partial charge in [0.25, 0.3) is 0 Å². The molecule has 0 saturated carbocycles. The molecule has 1 N–H and O–H groups in total.